The van der Waals surface area contributed by atoms with Gasteiger partial charge in [0.1, 0.15) is 5.69 Å². The van der Waals surface area contributed by atoms with Crippen molar-refractivity contribution in [3.63, 3.8) is 0 Å². The molecule has 0 aliphatic heterocycles. The number of halogens is 3. The van der Waals surface area contributed by atoms with Gasteiger partial charge in [0.25, 0.3) is 0 Å². The molecule has 1 aromatic heterocycles. The quantitative estimate of drug-likeness (QED) is 0.944. The zero-order valence-corrected chi connectivity index (χ0v) is 11.7. The van der Waals surface area contributed by atoms with Gasteiger partial charge in [-0.2, -0.15) is 18.3 Å². The first kappa shape index (κ1) is 15.4. The molecule has 0 aliphatic carbocycles. The van der Waals surface area contributed by atoms with Crippen LogP contribution in [-0.4, -0.2) is 16.9 Å². The third-order valence-electron chi connectivity index (χ3n) is 3.26. The molecule has 0 saturated carbocycles. The Hall–Kier alpha value is -2.02. The van der Waals surface area contributed by atoms with Gasteiger partial charge in [0.15, 0.2) is 5.75 Å². The molecule has 0 bridgehead atoms. The molecule has 21 heavy (non-hydrogen) atoms. The van der Waals surface area contributed by atoms with E-state index < -0.39 is 17.8 Å². The van der Waals surface area contributed by atoms with Gasteiger partial charge in [-0.1, -0.05) is 12.1 Å². The molecule has 114 valence electrons. The predicted molar refractivity (Wildman–Crippen MR) is 71.9 cm³/mol. The fourth-order valence-corrected chi connectivity index (χ4v) is 2.14. The molecule has 2 N–H and O–H groups in total. The Balaban J connectivity index is 2.36. The van der Waals surface area contributed by atoms with E-state index in [1.165, 1.54) is 19.2 Å². The van der Waals surface area contributed by atoms with Crippen molar-refractivity contribution in [2.45, 2.75) is 25.7 Å². The molecular weight excluding hydrogens is 283 g/mol. The normalized spacial score (nSPS) is 13.2. The van der Waals surface area contributed by atoms with Gasteiger partial charge in [-0.25, -0.2) is 0 Å². The monoisotopic (exact) mass is 299 g/mol. The fraction of sp³-hybridized carbons (Fsp3) is 0.357. The van der Waals surface area contributed by atoms with Gasteiger partial charge < -0.3 is 10.5 Å². The van der Waals surface area contributed by atoms with Gasteiger partial charge in [-0.3, -0.25) is 4.68 Å². The van der Waals surface area contributed by atoms with Gasteiger partial charge in [-0.05, 0) is 24.6 Å². The van der Waals surface area contributed by atoms with E-state index in [9.17, 15) is 13.2 Å². The lowest BCUT2D eigenvalue weighted by Gasteiger charge is -2.16. The summed E-state index contributed by atoms with van der Waals surface area (Å²) in [4.78, 5) is 0. The first-order valence-electron chi connectivity index (χ1n) is 6.41. The molecule has 0 amide bonds. The van der Waals surface area contributed by atoms with Crippen LogP contribution in [0.15, 0.2) is 30.5 Å². The summed E-state index contributed by atoms with van der Waals surface area (Å²) >= 11 is 0. The number of ether oxygens (including phenoxy) is 1. The summed E-state index contributed by atoms with van der Waals surface area (Å²) in [5.74, 6) is 0.518. The zero-order chi connectivity index (χ0) is 15.6. The van der Waals surface area contributed by atoms with E-state index in [4.69, 9.17) is 10.5 Å². The minimum absolute atomic E-state index is 0.518. The van der Waals surface area contributed by atoms with Crippen molar-refractivity contribution in [1.29, 1.82) is 0 Å². The number of hydrogen-bond donors (Lipinski definition) is 1. The third-order valence-corrected chi connectivity index (χ3v) is 3.26. The highest BCUT2D eigenvalue weighted by Crippen LogP contribution is 2.32. The Kier molecular flexibility index (Phi) is 4.22. The Bertz CT molecular complexity index is 583. The lowest BCUT2D eigenvalue weighted by atomic mass is 10.0. The number of methoxy groups -OCH3 is 1. The Labute approximate surface area is 120 Å². The van der Waals surface area contributed by atoms with Crippen molar-refractivity contribution in [3.8, 4) is 5.75 Å². The first-order valence-corrected chi connectivity index (χ1v) is 6.41. The van der Waals surface area contributed by atoms with E-state index in [1.54, 1.807) is 10.9 Å². The fourth-order valence-electron chi connectivity index (χ4n) is 2.14. The van der Waals surface area contributed by atoms with E-state index in [0.717, 1.165) is 12.1 Å². The van der Waals surface area contributed by atoms with Crippen molar-refractivity contribution >= 4 is 0 Å². The molecule has 7 heteroatoms. The van der Waals surface area contributed by atoms with Crippen molar-refractivity contribution < 1.29 is 17.9 Å². The van der Waals surface area contributed by atoms with Crippen LogP contribution in [0.25, 0.3) is 0 Å². The largest absolute Gasteiger partial charge is 0.493 e. The lowest BCUT2D eigenvalue weighted by molar-refractivity contribution is -0.137. The van der Waals surface area contributed by atoms with Crippen LogP contribution in [0.5, 0.6) is 5.75 Å². The molecule has 1 heterocycles. The topological polar surface area (TPSA) is 53.1 Å². The highest BCUT2D eigenvalue weighted by atomic mass is 19.4. The van der Waals surface area contributed by atoms with Crippen LogP contribution in [0.4, 0.5) is 13.2 Å². The maximum atomic E-state index is 12.6. The number of nitrogens with zero attached hydrogens (tertiary/aromatic N) is 2. The molecule has 0 radical (unpaired) electrons. The highest BCUT2D eigenvalue weighted by molar-refractivity contribution is 5.37. The van der Waals surface area contributed by atoms with E-state index >= 15 is 0 Å². The molecule has 1 atom stereocenters. The van der Waals surface area contributed by atoms with Gasteiger partial charge in [-0.15, -0.1) is 0 Å². The number of alkyl halides is 3. The summed E-state index contributed by atoms with van der Waals surface area (Å²) in [6.07, 6.45) is -2.81. The number of rotatable bonds is 4. The van der Waals surface area contributed by atoms with E-state index in [2.05, 4.69) is 5.10 Å². The molecule has 0 saturated heterocycles. The van der Waals surface area contributed by atoms with Crippen molar-refractivity contribution in [1.82, 2.24) is 9.78 Å². The average molecular weight is 299 g/mol. The number of benzene rings is 1. The second-order valence-electron chi connectivity index (χ2n) is 4.51. The van der Waals surface area contributed by atoms with Crippen LogP contribution in [0, 0.1) is 0 Å². The van der Waals surface area contributed by atoms with E-state index in [-0.39, 0.29) is 0 Å². The van der Waals surface area contributed by atoms with Crippen LogP contribution in [0.3, 0.4) is 0 Å². The summed E-state index contributed by atoms with van der Waals surface area (Å²) in [5, 5.41) is 4.14. The molecule has 2 aromatic rings. The molecule has 0 aliphatic rings. The second kappa shape index (κ2) is 5.77. The minimum Gasteiger partial charge on any atom is -0.493 e. The first-order chi connectivity index (χ1) is 9.88. The summed E-state index contributed by atoms with van der Waals surface area (Å²) in [5.41, 5.74) is 6.66. The SMILES string of the molecule is CCn1ncc(OC)c1C(N)c1ccc(C(F)(F)F)cc1. The summed E-state index contributed by atoms with van der Waals surface area (Å²) in [6.45, 7) is 2.49. The smallest absolute Gasteiger partial charge is 0.416 e. The van der Waals surface area contributed by atoms with E-state index in [1.807, 2.05) is 6.92 Å². The molecule has 2 rings (SSSR count). The second-order valence-corrected chi connectivity index (χ2v) is 4.51. The molecule has 0 spiro atoms. The van der Waals surface area contributed by atoms with Crippen LogP contribution >= 0.6 is 0 Å². The average Bonchev–Trinajstić information content (AvgIpc) is 2.88. The maximum Gasteiger partial charge on any atom is 0.416 e. The molecule has 4 nitrogen and oxygen atoms in total. The number of aromatic nitrogens is 2. The predicted octanol–water partition coefficient (Wildman–Crippen LogP) is 2.98. The highest BCUT2D eigenvalue weighted by Gasteiger charge is 2.30. The maximum absolute atomic E-state index is 12.6. The van der Waals surface area contributed by atoms with Crippen molar-refractivity contribution in [2.75, 3.05) is 7.11 Å². The summed E-state index contributed by atoms with van der Waals surface area (Å²) in [7, 11) is 1.50. The molecule has 1 aromatic carbocycles. The van der Waals surface area contributed by atoms with Crippen molar-refractivity contribution in [3.05, 3.63) is 47.3 Å². The van der Waals surface area contributed by atoms with Gasteiger partial charge >= 0.3 is 6.18 Å². The van der Waals surface area contributed by atoms with Crippen LogP contribution in [-0.2, 0) is 12.7 Å². The molecule has 0 fully saturated rings. The van der Waals surface area contributed by atoms with Gasteiger partial charge in [0.05, 0.1) is 24.9 Å². The van der Waals surface area contributed by atoms with Crippen LogP contribution in [0.1, 0.15) is 29.8 Å². The van der Waals surface area contributed by atoms with E-state index in [0.29, 0.717) is 23.6 Å². The molecular formula is C14H16F3N3O. The summed E-state index contributed by atoms with van der Waals surface area (Å²) < 4.78 is 44.6. The van der Waals surface area contributed by atoms with Gasteiger partial charge in [0, 0.05) is 6.54 Å². The Morgan fingerprint density at radius 2 is 1.90 bits per heavy atom. The minimum atomic E-state index is -4.36. The number of aryl methyl sites for hydroxylation is 1. The van der Waals surface area contributed by atoms with Crippen molar-refractivity contribution in [2.24, 2.45) is 5.73 Å². The van der Waals surface area contributed by atoms with Gasteiger partial charge in [0.2, 0.25) is 0 Å². The Morgan fingerprint density at radius 1 is 1.29 bits per heavy atom. The number of nitrogens with two attached hydrogens (primary N) is 1. The van der Waals surface area contributed by atoms with Crippen LogP contribution < -0.4 is 10.5 Å². The standard InChI is InChI=1S/C14H16F3N3O/c1-3-20-13(11(21-2)8-19-20)12(18)9-4-6-10(7-5-9)14(15,16)17/h4-8,12H,3,18H2,1-2H3. The summed E-state index contributed by atoms with van der Waals surface area (Å²) in [6, 6.07) is 4.19. The molecule has 1 unspecified atom stereocenters. The third kappa shape index (κ3) is 3.02. The zero-order valence-electron chi connectivity index (χ0n) is 11.7. The lowest BCUT2D eigenvalue weighted by Crippen LogP contribution is -2.18. The number of hydrogen-bond acceptors (Lipinski definition) is 3. The Morgan fingerprint density at radius 3 is 2.38 bits per heavy atom. The van der Waals surface area contributed by atoms with Crippen LogP contribution in [0.2, 0.25) is 0 Å².